The maximum Gasteiger partial charge on any atom is 0.416 e. The monoisotopic (exact) mass is 373 g/mol. The molecule has 0 atom stereocenters. The van der Waals surface area contributed by atoms with E-state index in [9.17, 15) is 21.6 Å². The van der Waals surface area contributed by atoms with Crippen molar-refractivity contribution >= 4 is 10.0 Å². The molecule has 1 heterocycles. The van der Waals surface area contributed by atoms with E-state index in [4.69, 9.17) is 9.47 Å². The maximum atomic E-state index is 12.7. The summed E-state index contributed by atoms with van der Waals surface area (Å²) in [6, 6.07) is 8.64. The molecular weight excluding hydrogens is 359 g/mol. The fourth-order valence-corrected chi connectivity index (χ4v) is 3.34. The molecule has 0 aromatic heterocycles. The number of rotatable bonds is 4. The summed E-state index contributed by atoms with van der Waals surface area (Å²) < 4.78 is 75.7. The van der Waals surface area contributed by atoms with Gasteiger partial charge in [-0.15, -0.1) is 0 Å². The molecule has 0 radical (unpaired) electrons. The zero-order chi connectivity index (χ0) is 18.1. The van der Waals surface area contributed by atoms with Gasteiger partial charge in [-0.05, 0) is 23.8 Å². The number of benzene rings is 2. The van der Waals surface area contributed by atoms with Crippen molar-refractivity contribution in [3.63, 3.8) is 0 Å². The Morgan fingerprint density at radius 2 is 1.72 bits per heavy atom. The molecule has 0 fully saturated rings. The fourth-order valence-electron chi connectivity index (χ4n) is 2.31. The first-order valence-electron chi connectivity index (χ1n) is 7.31. The second kappa shape index (κ2) is 6.57. The predicted molar refractivity (Wildman–Crippen MR) is 82.9 cm³/mol. The van der Waals surface area contributed by atoms with E-state index in [1.807, 2.05) is 0 Å². The molecule has 0 bridgehead atoms. The highest BCUT2D eigenvalue weighted by Gasteiger charge is 2.30. The predicted octanol–water partition coefficient (Wildman–Crippen LogP) is 2.96. The van der Waals surface area contributed by atoms with E-state index in [2.05, 4.69) is 4.72 Å². The van der Waals surface area contributed by atoms with Crippen LogP contribution in [0, 0.1) is 0 Å². The normalized spacial score (nSPS) is 14.4. The Bertz CT molecular complexity index is 881. The number of hydrogen-bond acceptors (Lipinski definition) is 4. The smallest absolute Gasteiger partial charge is 0.416 e. The van der Waals surface area contributed by atoms with Crippen LogP contribution >= 0.6 is 0 Å². The summed E-state index contributed by atoms with van der Waals surface area (Å²) in [6.07, 6.45) is -4.48. The molecule has 1 aliphatic heterocycles. The molecular formula is C16H14F3NO4S. The van der Waals surface area contributed by atoms with Crippen molar-refractivity contribution in [3.8, 4) is 11.5 Å². The lowest BCUT2D eigenvalue weighted by molar-refractivity contribution is -0.137. The average Bonchev–Trinajstić information content (AvgIpc) is 2.59. The fraction of sp³-hybridized carbons (Fsp3) is 0.250. The number of halogens is 3. The van der Waals surface area contributed by atoms with Crippen LogP contribution in [0.5, 0.6) is 11.5 Å². The zero-order valence-electron chi connectivity index (χ0n) is 12.8. The van der Waals surface area contributed by atoms with Gasteiger partial charge in [-0.25, -0.2) is 13.1 Å². The van der Waals surface area contributed by atoms with Gasteiger partial charge in [-0.2, -0.15) is 13.2 Å². The van der Waals surface area contributed by atoms with Crippen molar-refractivity contribution < 1.29 is 31.1 Å². The van der Waals surface area contributed by atoms with Crippen LogP contribution in [0.25, 0.3) is 0 Å². The minimum absolute atomic E-state index is 0.0521. The Labute approximate surface area is 142 Å². The lowest BCUT2D eigenvalue weighted by Gasteiger charge is -2.19. The summed E-state index contributed by atoms with van der Waals surface area (Å²) in [6.45, 7) is 0.432. The standard InChI is InChI=1S/C16H14F3NO4S/c17-16(18,19)12-3-1-2-11(8-12)10-20-25(21,22)13-4-5-14-15(9-13)24-7-6-23-14/h1-5,8-9,20H,6-7,10H2. The molecule has 0 amide bonds. The molecule has 2 aromatic carbocycles. The third kappa shape index (κ3) is 4.05. The van der Waals surface area contributed by atoms with Gasteiger partial charge in [0.15, 0.2) is 11.5 Å². The third-order valence-corrected chi connectivity index (χ3v) is 4.94. The summed E-state index contributed by atoms with van der Waals surface area (Å²) in [4.78, 5) is -0.0521. The van der Waals surface area contributed by atoms with Crippen molar-refractivity contribution in [2.75, 3.05) is 13.2 Å². The van der Waals surface area contributed by atoms with Crippen LogP contribution in [0.4, 0.5) is 13.2 Å². The topological polar surface area (TPSA) is 64.6 Å². The highest BCUT2D eigenvalue weighted by molar-refractivity contribution is 7.89. The van der Waals surface area contributed by atoms with Crippen molar-refractivity contribution in [1.82, 2.24) is 4.72 Å². The van der Waals surface area contributed by atoms with E-state index in [-0.39, 0.29) is 17.0 Å². The van der Waals surface area contributed by atoms with Crippen LogP contribution in [0.15, 0.2) is 47.4 Å². The van der Waals surface area contributed by atoms with E-state index < -0.39 is 21.8 Å². The minimum atomic E-state index is -4.48. The number of ether oxygens (including phenoxy) is 2. The maximum absolute atomic E-state index is 12.7. The molecule has 0 spiro atoms. The van der Waals surface area contributed by atoms with Crippen molar-refractivity contribution in [2.24, 2.45) is 0 Å². The van der Waals surface area contributed by atoms with Gasteiger partial charge in [-0.1, -0.05) is 18.2 Å². The lowest BCUT2D eigenvalue weighted by Crippen LogP contribution is -2.24. The molecule has 0 saturated heterocycles. The van der Waals surface area contributed by atoms with Gasteiger partial charge in [0.05, 0.1) is 10.5 Å². The SMILES string of the molecule is O=S(=O)(NCc1cccc(C(F)(F)F)c1)c1ccc2c(c1)OCCO2. The van der Waals surface area contributed by atoms with Crippen molar-refractivity contribution in [2.45, 2.75) is 17.6 Å². The summed E-state index contributed by atoms with van der Waals surface area (Å²) >= 11 is 0. The Kier molecular flexibility index (Phi) is 4.61. The summed E-state index contributed by atoms with van der Waals surface area (Å²) in [5.41, 5.74) is -0.625. The second-order valence-electron chi connectivity index (χ2n) is 5.33. The number of hydrogen-bond donors (Lipinski definition) is 1. The number of nitrogens with one attached hydrogen (secondary N) is 1. The van der Waals surface area contributed by atoms with E-state index in [1.54, 1.807) is 0 Å². The van der Waals surface area contributed by atoms with Crippen LogP contribution in [0.1, 0.15) is 11.1 Å². The van der Waals surface area contributed by atoms with Gasteiger partial charge in [0.2, 0.25) is 10.0 Å². The molecule has 134 valence electrons. The first kappa shape index (κ1) is 17.6. The van der Waals surface area contributed by atoms with E-state index >= 15 is 0 Å². The molecule has 3 rings (SSSR count). The van der Waals surface area contributed by atoms with Crippen LogP contribution < -0.4 is 14.2 Å². The number of fused-ring (bicyclic) bond motifs is 1. The van der Waals surface area contributed by atoms with Crippen LogP contribution in [0.2, 0.25) is 0 Å². The lowest BCUT2D eigenvalue weighted by atomic mass is 10.1. The molecule has 5 nitrogen and oxygen atoms in total. The largest absolute Gasteiger partial charge is 0.486 e. The average molecular weight is 373 g/mol. The van der Waals surface area contributed by atoms with Gasteiger partial charge < -0.3 is 9.47 Å². The first-order chi connectivity index (χ1) is 11.8. The molecule has 2 aromatic rings. The molecule has 0 unspecified atom stereocenters. The van der Waals surface area contributed by atoms with Gasteiger partial charge in [0.1, 0.15) is 13.2 Å². The zero-order valence-corrected chi connectivity index (χ0v) is 13.7. The molecule has 9 heteroatoms. The van der Waals surface area contributed by atoms with Crippen molar-refractivity contribution in [3.05, 3.63) is 53.6 Å². The molecule has 1 N–H and O–H groups in total. The van der Waals surface area contributed by atoms with Crippen LogP contribution in [0.3, 0.4) is 0 Å². The highest BCUT2D eigenvalue weighted by atomic mass is 32.2. The minimum Gasteiger partial charge on any atom is -0.486 e. The van der Waals surface area contributed by atoms with Crippen LogP contribution in [-0.2, 0) is 22.7 Å². The van der Waals surface area contributed by atoms with Gasteiger partial charge in [0, 0.05) is 12.6 Å². The molecule has 0 saturated carbocycles. The van der Waals surface area contributed by atoms with Gasteiger partial charge in [0.25, 0.3) is 0 Å². The highest BCUT2D eigenvalue weighted by Crippen LogP contribution is 2.32. The Morgan fingerprint density at radius 3 is 2.44 bits per heavy atom. The van der Waals surface area contributed by atoms with E-state index in [0.717, 1.165) is 12.1 Å². The van der Waals surface area contributed by atoms with Gasteiger partial charge in [-0.3, -0.25) is 0 Å². The van der Waals surface area contributed by atoms with Crippen LogP contribution in [-0.4, -0.2) is 21.6 Å². The molecule has 1 aliphatic rings. The second-order valence-corrected chi connectivity index (χ2v) is 7.10. The first-order valence-corrected chi connectivity index (χ1v) is 8.79. The Hall–Kier alpha value is -2.26. The third-order valence-electron chi connectivity index (χ3n) is 3.54. The van der Waals surface area contributed by atoms with Crippen molar-refractivity contribution in [1.29, 1.82) is 0 Å². The quantitative estimate of drug-likeness (QED) is 0.895. The molecule has 25 heavy (non-hydrogen) atoms. The number of alkyl halides is 3. The van der Waals surface area contributed by atoms with E-state index in [0.29, 0.717) is 24.7 Å². The Morgan fingerprint density at radius 1 is 1.00 bits per heavy atom. The summed E-state index contributed by atoms with van der Waals surface area (Å²) in [5.74, 6) is 0.760. The van der Waals surface area contributed by atoms with Gasteiger partial charge >= 0.3 is 6.18 Å². The molecule has 0 aliphatic carbocycles. The summed E-state index contributed by atoms with van der Waals surface area (Å²) in [5, 5.41) is 0. The summed E-state index contributed by atoms with van der Waals surface area (Å²) in [7, 11) is -3.91. The van der Waals surface area contributed by atoms with E-state index in [1.165, 1.54) is 30.3 Å². The number of sulfonamides is 1. The Balaban J connectivity index is 1.76.